The molecule has 0 spiro atoms. The average Bonchev–Trinajstić information content (AvgIpc) is 2.79. The smallest absolute Gasteiger partial charge is 0.255 e. The lowest BCUT2D eigenvalue weighted by Gasteiger charge is -2.09. The molecule has 3 N–H and O–H groups in total. The van der Waals surface area contributed by atoms with Gasteiger partial charge in [-0.05, 0) is 18.6 Å². The molecule has 0 aromatic carbocycles. The molecule has 90 valence electrons. The van der Waals surface area contributed by atoms with Crippen molar-refractivity contribution in [2.24, 2.45) is 5.73 Å². The van der Waals surface area contributed by atoms with Crippen molar-refractivity contribution < 1.29 is 4.79 Å². The Kier molecular flexibility index (Phi) is 3.39. The van der Waals surface area contributed by atoms with Crippen molar-refractivity contribution in [1.29, 1.82) is 0 Å². The fourth-order valence-corrected chi connectivity index (χ4v) is 1.57. The summed E-state index contributed by atoms with van der Waals surface area (Å²) in [4.78, 5) is 11.9. The standard InChI is InChI=1S/C12H16N4O/c1-2-9(13)7-14-12(17)10-8-15-16-6-4-3-5-11(10)16/h3-6,8-9H,2,7,13H2,1H3,(H,14,17). The number of fused-ring (bicyclic) bond motifs is 1. The minimum Gasteiger partial charge on any atom is -0.350 e. The molecule has 2 rings (SSSR count). The van der Waals surface area contributed by atoms with Crippen LogP contribution in [0.25, 0.3) is 5.52 Å². The molecule has 0 saturated carbocycles. The number of amides is 1. The third-order valence-corrected chi connectivity index (χ3v) is 2.72. The maximum Gasteiger partial charge on any atom is 0.255 e. The molecule has 0 aliphatic rings. The van der Waals surface area contributed by atoms with E-state index in [1.165, 1.54) is 0 Å². The molecule has 0 aliphatic heterocycles. The molecule has 0 bridgehead atoms. The molecular formula is C12H16N4O. The van der Waals surface area contributed by atoms with Gasteiger partial charge in [0.05, 0.1) is 17.3 Å². The number of nitrogens with two attached hydrogens (primary N) is 1. The lowest BCUT2D eigenvalue weighted by atomic mass is 10.2. The number of nitrogens with one attached hydrogen (secondary N) is 1. The maximum absolute atomic E-state index is 11.9. The van der Waals surface area contributed by atoms with E-state index in [2.05, 4.69) is 10.4 Å². The molecule has 5 heteroatoms. The Labute approximate surface area is 99.6 Å². The van der Waals surface area contributed by atoms with Crippen molar-refractivity contribution in [2.75, 3.05) is 6.54 Å². The molecule has 17 heavy (non-hydrogen) atoms. The van der Waals surface area contributed by atoms with Gasteiger partial charge in [0.2, 0.25) is 0 Å². The second kappa shape index (κ2) is 4.97. The Bertz CT molecular complexity index is 520. The zero-order valence-corrected chi connectivity index (χ0v) is 9.76. The molecule has 1 unspecified atom stereocenters. The van der Waals surface area contributed by atoms with Gasteiger partial charge in [-0.25, -0.2) is 4.52 Å². The van der Waals surface area contributed by atoms with E-state index in [4.69, 9.17) is 5.73 Å². The highest BCUT2D eigenvalue weighted by atomic mass is 16.1. The lowest BCUT2D eigenvalue weighted by Crippen LogP contribution is -2.36. The van der Waals surface area contributed by atoms with Crippen LogP contribution in [0.2, 0.25) is 0 Å². The van der Waals surface area contributed by atoms with Crippen LogP contribution < -0.4 is 11.1 Å². The molecular weight excluding hydrogens is 216 g/mol. The van der Waals surface area contributed by atoms with Crippen molar-refractivity contribution in [2.45, 2.75) is 19.4 Å². The first kappa shape index (κ1) is 11.6. The molecule has 0 radical (unpaired) electrons. The summed E-state index contributed by atoms with van der Waals surface area (Å²) in [6, 6.07) is 5.61. The highest BCUT2D eigenvalue weighted by Crippen LogP contribution is 2.09. The van der Waals surface area contributed by atoms with Gasteiger partial charge in [-0.2, -0.15) is 5.10 Å². The van der Waals surface area contributed by atoms with Crippen molar-refractivity contribution in [3.63, 3.8) is 0 Å². The zero-order valence-electron chi connectivity index (χ0n) is 9.76. The van der Waals surface area contributed by atoms with Crippen LogP contribution in [0.4, 0.5) is 0 Å². The molecule has 1 atom stereocenters. The first-order chi connectivity index (χ1) is 8.22. The average molecular weight is 232 g/mol. The predicted octanol–water partition coefficient (Wildman–Crippen LogP) is 0.801. The Morgan fingerprint density at radius 2 is 2.41 bits per heavy atom. The van der Waals surface area contributed by atoms with Gasteiger partial charge in [0.25, 0.3) is 5.91 Å². The van der Waals surface area contributed by atoms with E-state index in [9.17, 15) is 4.79 Å². The second-order valence-corrected chi connectivity index (χ2v) is 3.97. The van der Waals surface area contributed by atoms with Crippen molar-refractivity contribution in [3.8, 4) is 0 Å². The van der Waals surface area contributed by atoms with Crippen LogP contribution in [0.5, 0.6) is 0 Å². The summed E-state index contributed by atoms with van der Waals surface area (Å²) < 4.78 is 1.68. The number of rotatable bonds is 4. The number of hydrogen-bond acceptors (Lipinski definition) is 3. The van der Waals surface area contributed by atoms with Crippen LogP contribution in [0.15, 0.2) is 30.6 Å². The monoisotopic (exact) mass is 232 g/mol. The number of aromatic nitrogens is 2. The third-order valence-electron chi connectivity index (χ3n) is 2.72. The third kappa shape index (κ3) is 2.45. The van der Waals surface area contributed by atoms with Crippen LogP contribution in [-0.2, 0) is 0 Å². The topological polar surface area (TPSA) is 72.4 Å². The summed E-state index contributed by atoms with van der Waals surface area (Å²) in [5, 5.41) is 6.92. The van der Waals surface area contributed by atoms with Crippen molar-refractivity contribution in [3.05, 3.63) is 36.2 Å². The summed E-state index contributed by atoms with van der Waals surface area (Å²) in [6.45, 7) is 2.48. The van der Waals surface area contributed by atoms with E-state index in [0.717, 1.165) is 11.9 Å². The van der Waals surface area contributed by atoms with Crippen LogP contribution in [0.3, 0.4) is 0 Å². The molecule has 2 heterocycles. The van der Waals surface area contributed by atoms with Crippen molar-refractivity contribution >= 4 is 11.4 Å². The fraction of sp³-hybridized carbons (Fsp3) is 0.333. The number of hydrogen-bond donors (Lipinski definition) is 2. The normalized spacial score (nSPS) is 12.6. The van der Waals surface area contributed by atoms with Gasteiger partial charge in [-0.1, -0.05) is 13.0 Å². The van der Waals surface area contributed by atoms with Crippen LogP contribution in [0, 0.1) is 0 Å². The number of nitrogens with zero attached hydrogens (tertiary/aromatic N) is 2. The first-order valence-corrected chi connectivity index (χ1v) is 5.68. The second-order valence-electron chi connectivity index (χ2n) is 3.97. The van der Waals surface area contributed by atoms with Gasteiger partial charge >= 0.3 is 0 Å². The molecule has 5 nitrogen and oxygen atoms in total. The van der Waals surface area contributed by atoms with E-state index in [-0.39, 0.29) is 11.9 Å². The molecule has 0 aliphatic carbocycles. The quantitative estimate of drug-likeness (QED) is 0.819. The maximum atomic E-state index is 11.9. The van der Waals surface area contributed by atoms with Gasteiger partial charge in [-0.3, -0.25) is 4.79 Å². The minimum absolute atomic E-state index is 0.000730. The van der Waals surface area contributed by atoms with Crippen LogP contribution in [0.1, 0.15) is 23.7 Å². The Morgan fingerprint density at radius 1 is 1.59 bits per heavy atom. The number of pyridine rings is 1. The molecule has 0 saturated heterocycles. The Hall–Kier alpha value is -1.88. The van der Waals surface area contributed by atoms with E-state index in [1.54, 1.807) is 10.7 Å². The first-order valence-electron chi connectivity index (χ1n) is 5.68. The molecule has 2 aromatic heterocycles. The Balaban J connectivity index is 2.14. The van der Waals surface area contributed by atoms with E-state index in [0.29, 0.717) is 12.1 Å². The highest BCUT2D eigenvalue weighted by Gasteiger charge is 2.12. The summed E-state index contributed by atoms with van der Waals surface area (Å²) in [6.07, 6.45) is 4.22. The minimum atomic E-state index is -0.130. The van der Waals surface area contributed by atoms with E-state index in [1.807, 2.05) is 31.3 Å². The van der Waals surface area contributed by atoms with Gasteiger partial charge < -0.3 is 11.1 Å². The van der Waals surface area contributed by atoms with Crippen LogP contribution in [-0.4, -0.2) is 28.1 Å². The molecule has 2 aromatic rings. The SMILES string of the molecule is CCC(N)CNC(=O)c1cnn2ccccc12. The molecule has 1 amide bonds. The highest BCUT2D eigenvalue weighted by molar-refractivity contribution is 6.00. The van der Waals surface area contributed by atoms with Gasteiger partial charge in [0.1, 0.15) is 0 Å². The summed E-state index contributed by atoms with van der Waals surface area (Å²) in [5.41, 5.74) is 7.13. The summed E-state index contributed by atoms with van der Waals surface area (Å²) in [7, 11) is 0. The van der Waals surface area contributed by atoms with Crippen LogP contribution >= 0.6 is 0 Å². The lowest BCUT2D eigenvalue weighted by molar-refractivity contribution is 0.0952. The van der Waals surface area contributed by atoms with Gasteiger partial charge in [0.15, 0.2) is 0 Å². The zero-order chi connectivity index (χ0) is 12.3. The summed E-state index contributed by atoms with van der Waals surface area (Å²) in [5.74, 6) is -0.130. The van der Waals surface area contributed by atoms with Gasteiger partial charge in [0, 0.05) is 18.8 Å². The Morgan fingerprint density at radius 3 is 3.18 bits per heavy atom. The predicted molar refractivity (Wildman–Crippen MR) is 65.8 cm³/mol. The number of carbonyl (C=O) groups is 1. The van der Waals surface area contributed by atoms with E-state index < -0.39 is 0 Å². The fourth-order valence-electron chi connectivity index (χ4n) is 1.57. The molecule has 0 fully saturated rings. The van der Waals surface area contributed by atoms with Gasteiger partial charge in [-0.15, -0.1) is 0 Å². The number of carbonyl (C=O) groups excluding carboxylic acids is 1. The van der Waals surface area contributed by atoms with E-state index >= 15 is 0 Å². The van der Waals surface area contributed by atoms with Crippen molar-refractivity contribution in [1.82, 2.24) is 14.9 Å². The largest absolute Gasteiger partial charge is 0.350 e. The summed E-state index contributed by atoms with van der Waals surface area (Å²) >= 11 is 0.